The molecule has 0 radical (unpaired) electrons. The van der Waals surface area contributed by atoms with Gasteiger partial charge in [-0.1, -0.05) is 6.42 Å². The average Bonchev–Trinajstić information content (AvgIpc) is 2.91. The molecule has 0 bridgehead atoms. The van der Waals surface area contributed by atoms with Gasteiger partial charge in [0.25, 0.3) is 5.91 Å². The van der Waals surface area contributed by atoms with Crippen LogP contribution in [-0.4, -0.2) is 47.5 Å². The number of carbonyl (C=O) groups excluding carboxylic acids is 1. The molecule has 2 N–H and O–H groups in total. The summed E-state index contributed by atoms with van der Waals surface area (Å²) < 4.78 is 0. The first kappa shape index (κ1) is 14.3. The second kappa shape index (κ2) is 6.43. The number of amides is 1. The summed E-state index contributed by atoms with van der Waals surface area (Å²) in [6.45, 7) is 5.11. The van der Waals surface area contributed by atoms with Gasteiger partial charge in [0.15, 0.2) is 0 Å². The van der Waals surface area contributed by atoms with Crippen LogP contribution in [0.2, 0.25) is 0 Å². The number of hydrogen-bond donors (Lipinski definition) is 2. The van der Waals surface area contributed by atoms with Crippen molar-refractivity contribution >= 4 is 11.6 Å². The minimum absolute atomic E-state index is 0.0192. The Morgan fingerprint density at radius 3 is 3.14 bits per heavy atom. The lowest BCUT2D eigenvalue weighted by atomic mass is 9.99. The van der Waals surface area contributed by atoms with Crippen molar-refractivity contribution < 1.29 is 4.79 Å². The fourth-order valence-electron chi connectivity index (χ4n) is 3.59. The Hall–Kier alpha value is -1.62. The van der Waals surface area contributed by atoms with Gasteiger partial charge in [-0.25, -0.2) is 0 Å². The normalized spacial score (nSPS) is 25.4. The first-order valence-corrected chi connectivity index (χ1v) is 8.02. The molecule has 2 fully saturated rings. The minimum atomic E-state index is 0.0192. The summed E-state index contributed by atoms with van der Waals surface area (Å²) in [5.74, 6) is 0.0192. The highest BCUT2D eigenvalue weighted by atomic mass is 16.1. The molecular formula is C16H24N4O. The van der Waals surface area contributed by atoms with E-state index in [-0.39, 0.29) is 5.91 Å². The van der Waals surface area contributed by atoms with Crippen molar-refractivity contribution in [3.8, 4) is 0 Å². The number of hydrogen-bond acceptors (Lipinski definition) is 4. The first-order chi connectivity index (χ1) is 10.3. The number of rotatable bonds is 4. The molecule has 0 spiro atoms. The summed E-state index contributed by atoms with van der Waals surface area (Å²) in [5.41, 5.74) is 1.51. The molecule has 21 heavy (non-hydrogen) atoms. The molecule has 2 atom stereocenters. The van der Waals surface area contributed by atoms with Gasteiger partial charge in [0.05, 0.1) is 17.4 Å². The molecule has 1 amide bonds. The predicted octanol–water partition coefficient (Wildman–Crippen LogP) is 1.87. The van der Waals surface area contributed by atoms with E-state index in [0.717, 1.165) is 25.2 Å². The lowest BCUT2D eigenvalue weighted by molar-refractivity contribution is 0.0916. The maximum atomic E-state index is 12.6. The van der Waals surface area contributed by atoms with E-state index in [1.807, 2.05) is 6.92 Å². The zero-order valence-corrected chi connectivity index (χ0v) is 12.6. The maximum Gasteiger partial charge on any atom is 0.253 e. The molecule has 1 aromatic rings. The van der Waals surface area contributed by atoms with Crippen LogP contribution in [0.1, 0.15) is 43.0 Å². The molecule has 5 nitrogen and oxygen atoms in total. The Kier molecular flexibility index (Phi) is 4.39. The summed E-state index contributed by atoms with van der Waals surface area (Å²) in [4.78, 5) is 19.2. The molecule has 5 heteroatoms. The van der Waals surface area contributed by atoms with E-state index in [1.54, 1.807) is 18.5 Å². The van der Waals surface area contributed by atoms with E-state index in [1.165, 1.54) is 25.8 Å². The Balaban J connectivity index is 1.69. The highest BCUT2D eigenvalue weighted by molar-refractivity contribution is 5.99. The molecule has 2 aliphatic heterocycles. The number of piperidine rings is 1. The number of pyridine rings is 1. The fourth-order valence-corrected chi connectivity index (χ4v) is 3.59. The molecule has 0 aromatic carbocycles. The van der Waals surface area contributed by atoms with Gasteiger partial charge < -0.3 is 10.6 Å². The van der Waals surface area contributed by atoms with Gasteiger partial charge in [-0.2, -0.15) is 0 Å². The van der Waals surface area contributed by atoms with Crippen LogP contribution < -0.4 is 10.6 Å². The molecular weight excluding hydrogens is 264 g/mol. The van der Waals surface area contributed by atoms with Crippen molar-refractivity contribution in [2.45, 2.75) is 44.7 Å². The topological polar surface area (TPSA) is 57.3 Å². The van der Waals surface area contributed by atoms with Gasteiger partial charge in [0.1, 0.15) is 0 Å². The molecule has 0 aliphatic carbocycles. The molecule has 2 saturated heterocycles. The van der Waals surface area contributed by atoms with Gasteiger partial charge in [-0.3, -0.25) is 14.7 Å². The van der Waals surface area contributed by atoms with Crippen LogP contribution in [0.15, 0.2) is 18.5 Å². The van der Waals surface area contributed by atoms with Crippen LogP contribution >= 0.6 is 0 Å². The minimum Gasteiger partial charge on any atom is -0.383 e. The fraction of sp³-hybridized carbons (Fsp3) is 0.625. The molecule has 3 rings (SSSR count). The quantitative estimate of drug-likeness (QED) is 0.888. The standard InChI is InChI=1S/C16H24N4O/c1-2-18-14-11-17-8-6-12(14)16(21)19-13-7-10-20-9-4-3-5-15(13)20/h6,8,11,13,15,18H,2-5,7,9-10H2,1H3,(H,19,21). The van der Waals surface area contributed by atoms with Gasteiger partial charge in [-0.15, -0.1) is 0 Å². The number of anilines is 1. The third-order valence-electron chi connectivity index (χ3n) is 4.61. The van der Waals surface area contributed by atoms with Crippen molar-refractivity contribution in [3.05, 3.63) is 24.0 Å². The summed E-state index contributed by atoms with van der Waals surface area (Å²) in [7, 11) is 0. The maximum absolute atomic E-state index is 12.6. The summed E-state index contributed by atoms with van der Waals surface area (Å²) in [6.07, 6.45) is 8.26. The lowest BCUT2D eigenvalue weighted by Gasteiger charge is -2.32. The molecule has 1 aromatic heterocycles. The van der Waals surface area contributed by atoms with Crippen LogP contribution in [0.4, 0.5) is 5.69 Å². The zero-order valence-electron chi connectivity index (χ0n) is 12.6. The summed E-state index contributed by atoms with van der Waals surface area (Å²) >= 11 is 0. The van der Waals surface area contributed by atoms with Crippen LogP contribution in [0, 0.1) is 0 Å². The Morgan fingerprint density at radius 1 is 1.38 bits per heavy atom. The largest absolute Gasteiger partial charge is 0.383 e. The number of fused-ring (bicyclic) bond motifs is 1. The monoisotopic (exact) mass is 288 g/mol. The van der Waals surface area contributed by atoms with Gasteiger partial charge in [0, 0.05) is 31.4 Å². The second-order valence-electron chi connectivity index (χ2n) is 5.92. The van der Waals surface area contributed by atoms with Crippen molar-refractivity contribution in [2.24, 2.45) is 0 Å². The van der Waals surface area contributed by atoms with Crippen molar-refractivity contribution in [2.75, 3.05) is 25.0 Å². The van der Waals surface area contributed by atoms with Gasteiger partial charge >= 0.3 is 0 Å². The number of aromatic nitrogens is 1. The third kappa shape index (κ3) is 3.02. The Labute approximate surface area is 126 Å². The zero-order chi connectivity index (χ0) is 14.7. The number of nitrogens with zero attached hydrogens (tertiary/aromatic N) is 2. The molecule has 2 unspecified atom stereocenters. The third-order valence-corrected chi connectivity index (χ3v) is 4.61. The number of carbonyl (C=O) groups is 1. The molecule has 114 valence electrons. The van der Waals surface area contributed by atoms with E-state index >= 15 is 0 Å². The van der Waals surface area contributed by atoms with E-state index in [2.05, 4.69) is 20.5 Å². The Morgan fingerprint density at radius 2 is 2.29 bits per heavy atom. The van der Waals surface area contributed by atoms with Crippen LogP contribution in [0.3, 0.4) is 0 Å². The van der Waals surface area contributed by atoms with Gasteiger partial charge in [0.2, 0.25) is 0 Å². The smallest absolute Gasteiger partial charge is 0.253 e. The van der Waals surface area contributed by atoms with Crippen LogP contribution in [0.25, 0.3) is 0 Å². The average molecular weight is 288 g/mol. The lowest BCUT2D eigenvalue weighted by Crippen LogP contribution is -2.46. The molecule has 0 saturated carbocycles. The highest BCUT2D eigenvalue weighted by Crippen LogP contribution is 2.27. The highest BCUT2D eigenvalue weighted by Gasteiger charge is 2.36. The van der Waals surface area contributed by atoms with Crippen molar-refractivity contribution in [1.82, 2.24) is 15.2 Å². The first-order valence-electron chi connectivity index (χ1n) is 8.02. The predicted molar refractivity (Wildman–Crippen MR) is 83.5 cm³/mol. The van der Waals surface area contributed by atoms with E-state index in [0.29, 0.717) is 17.6 Å². The molecule has 3 heterocycles. The van der Waals surface area contributed by atoms with E-state index in [4.69, 9.17) is 0 Å². The van der Waals surface area contributed by atoms with E-state index < -0.39 is 0 Å². The van der Waals surface area contributed by atoms with Crippen molar-refractivity contribution in [3.63, 3.8) is 0 Å². The van der Waals surface area contributed by atoms with Crippen molar-refractivity contribution in [1.29, 1.82) is 0 Å². The van der Waals surface area contributed by atoms with Crippen LogP contribution in [0.5, 0.6) is 0 Å². The summed E-state index contributed by atoms with van der Waals surface area (Å²) in [5, 5.41) is 6.45. The molecule has 2 aliphatic rings. The second-order valence-corrected chi connectivity index (χ2v) is 5.92. The Bertz CT molecular complexity index is 505. The number of nitrogens with one attached hydrogen (secondary N) is 2. The van der Waals surface area contributed by atoms with Gasteiger partial charge in [-0.05, 0) is 38.8 Å². The SMILES string of the molecule is CCNc1cnccc1C(=O)NC1CCN2CCCCC12. The summed E-state index contributed by atoms with van der Waals surface area (Å²) in [6, 6.07) is 2.62. The van der Waals surface area contributed by atoms with Crippen LogP contribution in [-0.2, 0) is 0 Å². The van der Waals surface area contributed by atoms with E-state index in [9.17, 15) is 4.79 Å².